The Balaban J connectivity index is 1.85. The highest BCUT2D eigenvalue weighted by molar-refractivity contribution is 7.15. The number of aromatic nitrogens is 2. The Labute approximate surface area is 127 Å². The van der Waals surface area contributed by atoms with Gasteiger partial charge in [0.1, 0.15) is 17.4 Å². The Kier molecular flexibility index (Phi) is 5.24. The van der Waals surface area contributed by atoms with Crippen LogP contribution < -0.4 is 10.1 Å². The molecule has 0 aliphatic carbocycles. The lowest BCUT2D eigenvalue weighted by molar-refractivity contribution is -0.118. The van der Waals surface area contributed by atoms with Gasteiger partial charge in [-0.05, 0) is 37.1 Å². The van der Waals surface area contributed by atoms with Gasteiger partial charge in [0, 0.05) is 7.11 Å². The first kappa shape index (κ1) is 15.4. The third-order valence-electron chi connectivity index (χ3n) is 2.83. The molecule has 2 aromatic rings. The number of hydrogen-bond donors (Lipinski definition) is 1. The van der Waals surface area contributed by atoms with Gasteiger partial charge < -0.3 is 9.47 Å². The van der Waals surface area contributed by atoms with Crippen LogP contribution >= 0.6 is 11.3 Å². The second-order valence-corrected chi connectivity index (χ2v) is 5.58. The maximum Gasteiger partial charge on any atom is 0.264 e. The fraction of sp³-hybridized carbons (Fsp3) is 0.357. The van der Waals surface area contributed by atoms with E-state index in [-0.39, 0.29) is 12.5 Å². The first-order valence-corrected chi connectivity index (χ1v) is 7.21. The van der Waals surface area contributed by atoms with Crippen LogP contribution in [0.5, 0.6) is 5.75 Å². The highest BCUT2D eigenvalue weighted by Gasteiger charge is 2.09. The maximum absolute atomic E-state index is 11.8. The topological polar surface area (TPSA) is 73.3 Å². The molecule has 0 fully saturated rings. The summed E-state index contributed by atoms with van der Waals surface area (Å²) in [4.78, 5) is 11.8. The zero-order chi connectivity index (χ0) is 15.2. The van der Waals surface area contributed by atoms with Gasteiger partial charge in [-0.3, -0.25) is 10.1 Å². The molecule has 1 N–H and O–H groups in total. The quantitative estimate of drug-likeness (QED) is 0.886. The molecule has 0 saturated carbocycles. The molecule has 0 saturated heterocycles. The normalized spacial score (nSPS) is 10.4. The Bertz CT molecular complexity index is 628. The van der Waals surface area contributed by atoms with Crippen LogP contribution in [0.1, 0.15) is 16.1 Å². The number of rotatable bonds is 6. The molecular formula is C14H17N3O3S. The molecule has 0 aliphatic heterocycles. The summed E-state index contributed by atoms with van der Waals surface area (Å²) in [5.74, 6) is 0.402. The summed E-state index contributed by atoms with van der Waals surface area (Å²) in [6.07, 6.45) is 0. The smallest absolute Gasteiger partial charge is 0.264 e. The van der Waals surface area contributed by atoms with Crippen molar-refractivity contribution in [3.05, 3.63) is 34.3 Å². The van der Waals surface area contributed by atoms with Gasteiger partial charge in [-0.2, -0.15) is 0 Å². The Hall–Kier alpha value is -1.99. The van der Waals surface area contributed by atoms with Gasteiger partial charge in [-0.25, -0.2) is 0 Å². The Morgan fingerprint density at radius 3 is 2.81 bits per heavy atom. The van der Waals surface area contributed by atoms with Crippen molar-refractivity contribution in [2.24, 2.45) is 0 Å². The average Bonchev–Trinajstić information content (AvgIpc) is 2.88. The van der Waals surface area contributed by atoms with Gasteiger partial charge in [0.15, 0.2) is 6.61 Å². The standard InChI is InChI=1S/C14H17N3O3S/c1-9-4-5-11(6-10(9)2)20-7-12(18)15-14-17-16-13(21-14)8-19-3/h4-6H,7-8H2,1-3H3,(H,15,17,18). The summed E-state index contributed by atoms with van der Waals surface area (Å²) < 4.78 is 10.4. The van der Waals surface area contributed by atoms with Gasteiger partial charge in [0.05, 0.1) is 0 Å². The molecule has 0 unspecified atom stereocenters. The van der Waals surface area contributed by atoms with E-state index in [0.29, 0.717) is 22.5 Å². The molecule has 21 heavy (non-hydrogen) atoms. The monoisotopic (exact) mass is 307 g/mol. The summed E-state index contributed by atoms with van der Waals surface area (Å²) >= 11 is 1.28. The van der Waals surface area contributed by atoms with E-state index in [0.717, 1.165) is 5.56 Å². The molecule has 0 aliphatic rings. The lowest BCUT2D eigenvalue weighted by Gasteiger charge is -2.07. The molecule has 0 spiro atoms. The molecule has 6 nitrogen and oxygen atoms in total. The Morgan fingerprint density at radius 2 is 2.10 bits per heavy atom. The number of carbonyl (C=O) groups excluding carboxylic acids is 1. The fourth-order valence-electron chi connectivity index (χ4n) is 1.59. The molecule has 0 bridgehead atoms. The number of ether oxygens (including phenoxy) is 2. The van der Waals surface area contributed by atoms with Crippen molar-refractivity contribution in [3.63, 3.8) is 0 Å². The van der Waals surface area contributed by atoms with Crippen LogP contribution in [-0.4, -0.2) is 29.8 Å². The van der Waals surface area contributed by atoms with Crippen molar-refractivity contribution in [1.82, 2.24) is 10.2 Å². The number of amides is 1. The third-order valence-corrected chi connectivity index (χ3v) is 3.64. The van der Waals surface area contributed by atoms with Gasteiger partial charge in [0.25, 0.3) is 5.91 Å². The van der Waals surface area contributed by atoms with Gasteiger partial charge in [-0.15, -0.1) is 10.2 Å². The number of benzene rings is 1. The summed E-state index contributed by atoms with van der Waals surface area (Å²) in [6.45, 7) is 4.34. The Morgan fingerprint density at radius 1 is 1.29 bits per heavy atom. The van der Waals surface area contributed by atoms with Crippen LogP contribution in [0.4, 0.5) is 5.13 Å². The molecule has 1 aromatic heterocycles. The summed E-state index contributed by atoms with van der Waals surface area (Å²) in [5.41, 5.74) is 2.31. The fourth-order valence-corrected chi connectivity index (χ4v) is 2.32. The van der Waals surface area contributed by atoms with Gasteiger partial charge >= 0.3 is 0 Å². The number of nitrogens with zero attached hydrogens (tertiary/aromatic N) is 2. The maximum atomic E-state index is 11.8. The number of anilines is 1. The highest BCUT2D eigenvalue weighted by Crippen LogP contribution is 2.17. The van der Waals surface area contributed by atoms with Gasteiger partial charge in [-0.1, -0.05) is 17.4 Å². The van der Waals surface area contributed by atoms with E-state index < -0.39 is 0 Å². The number of methoxy groups -OCH3 is 1. The van der Waals surface area contributed by atoms with Crippen LogP contribution in [0, 0.1) is 13.8 Å². The molecular weight excluding hydrogens is 290 g/mol. The lowest BCUT2D eigenvalue weighted by Crippen LogP contribution is -2.20. The number of hydrogen-bond acceptors (Lipinski definition) is 6. The van der Waals surface area contributed by atoms with Crippen molar-refractivity contribution >= 4 is 22.4 Å². The molecule has 1 heterocycles. The predicted molar refractivity (Wildman–Crippen MR) is 80.7 cm³/mol. The van der Waals surface area contributed by atoms with Crippen molar-refractivity contribution in [2.75, 3.05) is 19.0 Å². The van der Waals surface area contributed by atoms with Crippen molar-refractivity contribution < 1.29 is 14.3 Å². The largest absolute Gasteiger partial charge is 0.484 e. The molecule has 1 amide bonds. The molecule has 7 heteroatoms. The highest BCUT2D eigenvalue weighted by atomic mass is 32.1. The van der Waals surface area contributed by atoms with E-state index in [1.54, 1.807) is 7.11 Å². The molecule has 2 rings (SSSR count). The third kappa shape index (κ3) is 4.51. The zero-order valence-electron chi connectivity index (χ0n) is 12.2. The van der Waals surface area contributed by atoms with Crippen LogP contribution in [0.25, 0.3) is 0 Å². The van der Waals surface area contributed by atoms with Crippen molar-refractivity contribution in [1.29, 1.82) is 0 Å². The first-order chi connectivity index (χ1) is 10.1. The van der Waals surface area contributed by atoms with E-state index >= 15 is 0 Å². The summed E-state index contributed by atoms with van der Waals surface area (Å²) in [6, 6.07) is 5.71. The summed E-state index contributed by atoms with van der Waals surface area (Å²) in [5, 5.41) is 11.5. The number of aryl methyl sites for hydroxylation is 2. The minimum atomic E-state index is -0.270. The number of carbonyl (C=O) groups is 1. The first-order valence-electron chi connectivity index (χ1n) is 6.39. The van der Waals surface area contributed by atoms with Crippen LogP contribution in [0.3, 0.4) is 0 Å². The molecule has 0 atom stereocenters. The van der Waals surface area contributed by atoms with E-state index in [9.17, 15) is 4.79 Å². The van der Waals surface area contributed by atoms with Crippen molar-refractivity contribution in [3.8, 4) is 5.75 Å². The zero-order valence-corrected chi connectivity index (χ0v) is 13.0. The van der Waals surface area contributed by atoms with E-state index in [1.165, 1.54) is 16.9 Å². The van der Waals surface area contributed by atoms with E-state index in [2.05, 4.69) is 15.5 Å². The summed E-state index contributed by atoms with van der Waals surface area (Å²) in [7, 11) is 1.58. The predicted octanol–water partition coefficient (Wildman–Crippen LogP) is 2.32. The van der Waals surface area contributed by atoms with Crippen LogP contribution in [-0.2, 0) is 16.1 Å². The van der Waals surface area contributed by atoms with Crippen molar-refractivity contribution in [2.45, 2.75) is 20.5 Å². The lowest BCUT2D eigenvalue weighted by atomic mass is 10.1. The second-order valence-electron chi connectivity index (χ2n) is 4.52. The number of nitrogens with one attached hydrogen (secondary N) is 1. The molecule has 1 aromatic carbocycles. The minimum Gasteiger partial charge on any atom is -0.484 e. The van der Waals surface area contributed by atoms with Crippen LogP contribution in [0.2, 0.25) is 0 Å². The van der Waals surface area contributed by atoms with E-state index in [4.69, 9.17) is 9.47 Å². The average molecular weight is 307 g/mol. The van der Waals surface area contributed by atoms with Crippen LogP contribution in [0.15, 0.2) is 18.2 Å². The van der Waals surface area contributed by atoms with E-state index in [1.807, 2.05) is 32.0 Å². The SMILES string of the molecule is COCc1nnc(NC(=O)COc2ccc(C)c(C)c2)s1. The minimum absolute atomic E-state index is 0.0678. The molecule has 112 valence electrons. The van der Waals surface area contributed by atoms with Gasteiger partial charge in [0.2, 0.25) is 5.13 Å². The molecule has 0 radical (unpaired) electrons. The second kappa shape index (κ2) is 7.14.